The van der Waals surface area contributed by atoms with Gasteiger partial charge in [0.05, 0.1) is 25.5 Å². The Kier molecular flexibility index (Phi) is 6.35. The van der Waals surface area contributed by atoms with Gasteiger partial charge in [-0.2, -0.15) is 0 Å². The number of hydrogen-bond acceptors (Lipinski definition) is 5. The van der Waals surface area contributed by atoms with Crippen LogP contribution in [-0.4, -0.2) is 38.5 Å². The van der Waals surface area contributed by atoms with Gasteiger partial charge in [-0.15, -0.1) is 0 Å². The predicted molar refractivity (Wildman–Crippen MR) is 66.2 cm³/mol. The van der Waals surface area contributed by atoms with Crippen molar-refractivity contribution in [3.63, 3.8) is 0 Å². The molecule has 96 valence electrons. The SMILES string of the molecule is COCCOCCCOc1nc(C)ccc1N. The van der Waals surface area contributed by atoms with Gasteiger partial charge in [0, 0.05) is 25.8 Å². The second kappa shape index (κ2) is 7.86. The van der Waals surface area contributed by atoms with E-state index in [1.54, 1.807) is 13.2 Å². The van der Waals surface area contributed by atoms with E-state index in [1.165, 1.54) is 0 Å². The zero-order valence-corrected chi connectivity index (χ0v) is 10.4. The summed E-state index contributed by atoms with van der Waals surface area (Å²) in [6, 6.07) is 3.66. The van der Waals surface area contributed by atoms with Crippen LogP contribution in [0.15, 0.2) is 12.1 Å². The van der Waals surface area contributed by atoms with E-state index in [-0.39, 0.29) is 0 Å². The number of ether oxygens (including phenoxy) is 3. The van der Waals surface area contributed by atoms with Gasteiger partial charge in [-0.05, 0) is 19.1 Å². The minimum atomic E-state index is 0.502. The Morgan fingerprint density at radius 2 is 2.00 bits per heavy atom. The molecule has 0 aromatic carbocycles. The number of pyridine rings is 1. The van der Waals surface area contributed by atoms with Crippen molar-refractivity contribution in [3.05, 3.63) is 17.8 Å². The summed E-state index contributed by atoms with van der Waals surface area (Å²) < 4.78 is 15.6. The molecule has 0 aliphatic carbocycles. The first-order valence-electron chi connectivity index (χ1n) is 5.66. The lowest BCUT2D eigenvalue weighted by atomic mass is 10.3. The van der Waals surface area contributed by atoms with Gasteiger partial charge >= 0.3 is 0 Å². The third kappa shape index (κ3) is 5.51. The van der Waals surface area contributed by atoms with Crippen LogP contribution in [-0.2, 0) is 9.47 Å². The smallest absolute Gasteiger partial charge is 0.237 e. The van der Waals surface area contributed by atoms with Crippen molar-refractivity contribution in [1.29, 1.82) is 0 Å². The van der Waals surface area contributed by atoms with Gasteiger partial charge in [-0.1, -0.05) is 0 Å². The summed E-state index contributed by atoms with van der Waals surface area (Å²) in [5, 5.41) is 0. The van der Waals surface area contributed by atoms with E-state index in [0.29, 0.717) is 38.0 Å². The Bertz CT molecular complexity index is 332. The second-order valence-corrected chi connectivity index (χ2v) is 3.65. The first-order chi connectivity index (χ1) is 8.24. The quantitative estimate of drug-likeness (QED) is 0.696. The highest BCUT2D eigenvalue weighted by molar-refractivity contribution is 5.48. The van der Waals surface area contributed by atoms with Gasteiger partial charge in [-0.25, -0.2) is 4.98 Å². The Morgan fingerprint density at radius 3 is 2.76 bits per heavy atom. The molecule has 5 heteroatoms. The van der Waals surface area contributed by atoms with Crippen LogP contribution in [0, 0.1) is 6.92 Å². The van der Waals surface area contributed by atoms with Crippen molar-refractivity contribution >= 4 is 5.69 Å². The average Bonchev–Trinajstić information content (AvgIpc) is 2.32. The summed E-state index contributed by atoms with van der Waals surface area (Å²) >= 11 is 0. The van der Waals surface area contributed by atoms with Gasteiger partial charge in [0.15, 0.2) is 0 Å². The van der Waals surface area contributed by atoms with Gasteiger partial charge < -0.3 is 19.9 Å². The van der Waals surface area contributed by atoms with Crippen LogP contribution in [0.4, 0.5) is 5.69 Å². The maximum Gasteiger partial charge on any atom is 0.237 e. The van der Waals surface area contributed by atoms with Crippen molar-refractivity contribution in [2.24, 2.45) is 0 Å². The van der Waals surface area contributed by atoms with Crippen molar-refractivity contribution in [3.8, 4) is 5.88 Å². The summed E-state index contributed by atoms with van der Waals surface area (Å²) in [6.07, 6.45) is 0.804. The van der Waals surface area contributed by atoms with Crippen LogP contribution in [0.2, 0.25) is 0 Å². The van der Waals surface area contributed by atoms with Crippen molar-refractivity contribution in [1.82, 2.24) is 4.98 Å². The van der Waals surface area contributed by atoms with E-state index >= 15 is 0 Å². The molecule has 0 unspecified atom stereocenters. The molecule has 0 amide bonds. The Morgan fingerprint density at radius 1 is 1.18 bits per heavy atom. The first kappa shape index (κ1) is 13.7. The number of rotatable bonds is 8. The third-order valence-corrected chi connectivity index (χ3v) is 2.13. The molecule has 0 saturated carbocycles. The molecule has 0 aliphatic rings. The van der Waals surface area contributed by atoms with Crippen molar-refractivity contribution < 1.29 is 14.2 Å². The third-order valence-electron chi connectivity index (χ3n) is 2.13. The monoisotopic (exact) mass is 240 g/mol. The minimum Gasteiger partial charge on any atom is -0.476 e. The lowest BCUT2D eigenvalue weighted by Crippen LogP contribution is -2.08. The first-order valence-corrected chi connectivity index (χ1v) is 5.66. The molecule has 5 nitrogen and oxygen atoms in total. The van der Waals surface area contributed by atoms with E-state index in [2.05, 4.69) is 4.98 Å². The van der Waals surface area contributed by atoms with Gasteiger partial charge in [0.1, 0.15) is 0 Å². The lowest BCUT2D eigenvalue weighted by Gasteiger charge is -2.08. The van der Waals surface area contributed by atoms with Crippen LogP contribution in [0.3, 0.4) is 0 Å². The highest BCUT2D eigenvalue weighted by Gasteiger charge is 2.01. The second-order valence-electron chi connectivity index (χ2n) is 3.65. The zero-order chi connectivity index (χ0) is 12.5. The number of methoxy groups -OCH3 is 1. The van der Waals surface area contributed by atoms with E-state index in [4.69, 9.17) is 19.9 Å². The maximum atomic E-state index is 5.73. The summed E-state index contributed by atoms with van der Waals surface area (Å²) in [5.74, 6) is 0.502. The summed E-state index contributed by atoms with van der Waals surface area (Å²) in [4.78, 5) is 4.21. The summed E-state index contributed by atoms with van der Waals surface area (Å²) in [6.45, 7) is 4.33. The molecule has 0 fully saturated rings. The molecule has 17 heavy (non-hydrogen) atoms. The topological polar surface area (TPSA) is 66.6 Å². The minimum absolute atomic E-state index is 0.502. The number of nitrogens with two attached hydrogens (primary N) is 1. The molecule has 0 bridgehead atoms. The standard InChI is InChI=1S/C12H20N2O3/c1-10-4-5-11(13)12(14-10)17-7-3-6-16-9-8-15-2/h4-5H,3,6-9,13H2,1-2H3. The highest BCUT2D eigenvalue weighted by atomic mass is 16.5. The van der Waals surface area contributed by atoms with Gasteiger partial charge in [0.2, 0.25) is 5.88 Å². The zero-order valence-electron chi connectivity index (χ0n) is 10.4. The van der Waals surface area contributed by atoms with Crippen LogP contribution in [0.5, 0.6) is 5.88 Å². The molecule has 2 N–H and O–H groups in total. The normalized spacial score (nSPS) is 10.5. The molecule has 0 saturated heterocycles. The highest BCUT2D eigenvalue weighted by Crippen LogP contribution is 2.17. The average molecular weight is 240 g/mol. The Hall–Kier alpha value is -1.33. The van der Waals surface area contributed by atoms with E-state index in [1.807, 2.05) is 13.0 Å². The van der Waals surface area contributed by atoms with E-state index in [9.17, 15) is 0 Å². The van der Waals surface area contributed by atoms with Gasteiger partial charge in [-0.3, -0.25) is 0 Å². The van der Waals surface area contributed by atoms with Crippen LogP contribution in [0.25, 0.3) is 0 Å². The number of nitrogen functional groups attached to an aromatic ring is 1. The molecule has 1 aromatic heterocycles. The predicted octanol–water partition coefficient (Wildman–Crippen LogP) is 1.40. The fourth-order valence-electron chi connectivity index (χ4n) is 1.23. The molecule has 0 spiro atoms. The largest absolute Gasteiger partial charge is 0.476 e. The maximum absolute atomic E-state index is 5.73. The number of aromatic nitrogens is 1. The van der Waals surface area contributed by atoms with Crippen LogP contribution >= 0.6 is 0 Å². The molecule has 0 atom stereocenters. The molecular formula is C12H20N2O3. The van der Waals surface area contributed by atoms with Crippen LogP contribution < -0.4 is 10.5 Å². The molecule has 1 aromatic rings. The fraction of sp³-hybridized carbons (Fsp3) is 0.583. The molecule has 0 aliphatic heterocycles. The van der Waals surface area contributed by atoms with Gasteiger partial charge in [0.25, 0.3) is 0 Å². The Balaban J connectivity index is 2.15. The number of anilines is 1. The number of hydrogen-bond donors (Lipinski definition) is 1. The molecule has 0 radical (unpaired) electrons. The number of aryl methyl sites for hydroxylation is 1. The molecular weight excluding hydrogens is 220 g/mol. The fourth-order valence-corrected chi connectivity index (χ4v) is 1.23. The van der Waals surface area contributed by atoms with Crippen LogP contribution in [0.1, 0.15) is 12.1 Å². The molecule has 1 rings (SSSR count). The number of nitrogens with zero attached hydrogens (tertiary/aromatic N) is 1. The lowest BCUT2D eigenvalue weighted by molar-refractivity contribution is 0.0642. The van der Waals surface area contributed by atoms with E-state index < -0.39 is 0 Å². The molecule has 1 heterocycles. The van der Waals surface area contributed by atoms with Crippen molar-refractivity contribution in [2.45, 2.75) is 13.3 Å². The summed E-state index contributed by atoms with van der Waals surface area (Å²) in [5.41, 5.74) is 7.19. The summed E-state index contributed by atoms with van der Waals surface area (Å²) in [7, 11) is 1.65. The van der Waals surface area contributed by atoms with E-state index in [0.717, 1.165) is 12.1 Å². The Labute approximate surface area is 102 Å². The van der Waals surface area contributed by atoms with Crippen molar-refractivity contribution in [2.75, 3.05) is 39.3 Å².